The van der Waals surface area contributed by atoms with Crippen LogP contribution in [0, 0.1) is 5.92 Å². The first-order valence-electron chi connectivity index (χ1n) is 7.44. The lowest BCUT2D eigenvalue weighted by Crippen LogP contribution is -2.49. The van der Waals surface area contributed by atoms with Gasteiger partial charge in [-0.25, -0.2) is 4.79 Å². The van der Waals surface area contributed by atoms with Gasteiger partial charge in [-0.1, -0.05) is 37.0 Å². The van der Waals surface area contributed by atoms with Gasteiger partial charge < -0.3 is 15.4 Å². The molecule has 1 rings (SSSR count). The fraction of sp³-hybridized carbons (Fsp3) is 0.500. The van der Waals surface area contributed by atoms with Gasteiger partial charge in [0.25, 0.3) is 0 Å². The first kappa shape index (κ1) is 19.6. The highest BCUT2D eigenvalue weighted by molar-refractivity contribution is 6.42. The van der Waals surface area contributed by atoms with Crippen LogP contribution in [0.2, 0.25) is 10.0 Å². The van der Waals surface area contributed by atoms with Crippen molar-refractivity contribution < 1.29 is 14.3 Å². The predicted octanol–water partition coefficient (Wildman–Crippen LogP) is 3.50. The van der Waals surface area contributed by atoms with Crippen molar-refractivity contribution >= 4 is 40.8 Å². The van der Waals surface area contributed by atoms with Crippen molar-refractivity contribution in [3.05, 3.63) is 28.2 Å². The van der Waals surface area contributed by atoms with Crippen LogP contribution in [0.25, 0.3) is 0 Å². The summed E-state index contributed by atoms with van der Waals surface area (Å²) in [5, 5.41) is 6.57. The smallest absolute Gasteiger partial charge is 0.328 e. The molecule has 0 saturated carbocycles. The number of halogens is 2. The highest BCUT2D eigenvalue weighted by Gasteiger charge is 2.27. The molecule has 2 atom stereocenters. The molecule has 0 aliphatic rings. The van der Waals surface area contributed by atoms with E-state index in [-0.39, 0.29) is 18.4 Å². The van der Waals surface area contributed by atoms with E-state index in [1.165, 1.54) is 0 Å². The molecule has 5 nitrogen and oxygen atoms in total. The molecule has 0 heterocycles. The number of benzene rings is 1. The van der Waals surface area contributed by atoms with Gasteiger partial charge in [-0.3, -0.25) is 4.79 Å². The maximum atomic E-state index is 12.3. The van der Waals surface area contributed by atoms with Gasteiger partial charge in [0, 0.05) is 5.69 Å². The van der Waals surface area contributed by atoms with Crippen LogP contribution in [0.5, 0.6) is 0 Å². The summed E-state index contributed by atoms with van der Waals surface area (Å²) >= 11 is 11.8. The number of rotatable bonds is 7. The van der Waals surface area contributed by atoms with E-state index in [2.05, 4.69) is 10.6 Å². The summed E-state index contributed by atoms with van der Waals surface area (Å²) in [5.74, 6) is -0.810. The van der Waals surface area contributed by atoms with Crippen LogP contribution < -0.4 is 10.6 Å². The minimum atomic E-state index is -0.680. The minimum Gasteiger partial charge on any atom is -0.464 e. The van der Waals surface area contributed by atoms with Crippen LogP contribution in [-0.2, 0) is 14.3 Å². The van der Waals surface area contributed by atoms with Crippen LogP contribution >= 0.6 is 23.2 Å². The Hall–Kier alpha value is -1.46. The summed E-state index contributed by atoms with van der Waals surface area (Å²) in [6.07, 6.45) is 0. The van der Waals surface area contributed by atoms with Gasteiger partial charge in [0.15, 0.2) is 0 Å². The van der Waals surface area contributed by atoms with Crippen LogP contribution in [0.15, 0.2) is 18.2 Å². The lowest BCUT2D eigenvalue weighted by molar-refractivity contribution is -0.148. The summed E-state index contributed by atoms with van der Waals surface area (Å²) in [6.45, 7) is 7.39. The highest BCUT2D eigenvalue weighted by atomic mass is 35.5. The number of carbonyl (C=O) groups excluding carboxylic acids is 2. The third-order valence-corrected chi connectivity index (χ3v) is 3.94. The Labute approximate surface area is 146 Å². The van der Waals surface area contributed by atoms with E-state index in [1.54, 1.807) is 32.0 Å². The molecule has 0 aliphatic carbocycles. The van der Waals surface area contributed by atoms with Gasteiger partial charge in [0.05, 0.1) is 16.7 Å². The number of nitrogens with one attached hydrogen (secondary N) is 2. The molecular formula is C16H22Cl2N2O3. The van der Waals surface area contributed by atoms with E-state index in [0.717, 1.165) is 0 Å². The van der Waals surface area contributed by atoms with Crippen molar-refractivity contribution in [2.75, 3.05) is 11.9 Å². The Morgan fingerprint density at radius 2 is 1.83 bits per heavy atom. The van der Waals surface area contributed by atoms with E-state index in [9.17, 15) is 9.59 Å². The fourth-order valence-electron chi connectivity index (χ4n) is 1.91. The maximum absolute atomic E-state index is 12.3. The first-order valence-corrected chi connectivity index (χ1v) is 8.20. The molecule has 0 bridgehead atoms. The topological polar surface area (TPSA) is 67.4 Å². The molecule has 2 N–H and O–H groups in total. The average molecular weight is 361 g/mol. The summed E-state index contributed by atoms with van der Waals surface area (Å²) < 4.78 is 4.99. The van der Waals surface area contributed by atoms with Crippen LogP contribution in [0.1, 0.15) is 27.7 Å². The second-order valence-corrected chi connectivity index (χ2v) is 6.29. The number of carbonyl (C=O) groups is 2. The second-order valence-electron chi connectivity index (χ2n) is 5.48. The Balaban J connectivity index is 2.71. The van der Waals surface area contributed by atoms with E-state index >= 15 is 0 Å². The number of hydrogen-bond acceptors (Lipinski definition) is 4. The number of esters is 1. The minimum absolute atomic E-state index is 0.0739. The quantitative estimate of drug-likeness (QED) is 0.730. The molecule has 0 fully saturated rings. The van der Waals surface area contributed by atoms with Crippen molar-refractivity contribution in [1.82, 2.24) is 5.32 Å². The normalized spacial score (nSPS) is 13.3. The zero-order valence-corrected chi connectivity index (χ0v) is 15.2. The molecule has 0 spiro atoms. The van der Waals surface area contributed by atoms with Crippen molar-refractivity contribution in [3.63, 3.8) is 0 Å². The number of hydrogen-bond donors (Lipinski definition) is 2. The largest absolute Gasteiger partial charge is 0.464 e. The molecule has 0 aromatic heterocycles. The van der Waals surface area contributed by atoms with Gasteiger partial charge >= 0.3 is 5.97 Å². The van der Waals surface area contributed by atoms with Gasteiger partial charge in [-0.05, 0) is 38.0 Å². The van der Waals surface area contributed by atoms with Crippen molar-refractivity contribution in [2.45, 2.75) is 39.8 Å². The molecular weight excluding hydrogens is 339 g/mol. The van der Waals surface area contributed by atoms with Crippen LogP contribution in [0.4, 0.5) is 5.69 Å². The van der Waals surface area contributed by atoms with Crippen molar-refractivity contribution in [3.8, 4) is 0 Å². The SMILES string of the molecule is CCOC(=O)[C@@H](NC(=O)[C@@H](C)Nc1ccc(Cl)c(Cl)c1)C(C)C. The van der Waals surface area contributed by atoms with Crippen molar-refractivity contribution in [2.24, 2.45) is 5.92 Å². The van der Waals surface area contributed by atoms with Gasteiger partial charge in [0.2, 0.25) is 5.91 Å². The Bertz CT molecular complexity index is 564. The summed E-state index contributed by atoms with van der Waals surface area (Å²) in [6, 6.07) is 3.78. The Kier molecular flexibility index (Phi) is 7.65. The molecule has 128 valence electrons. The predicted molar refractivity (Wildman–Crippen MR) is 92.9 cm³/mol. The standard InChI is InChI=1S/C16H22Cl2N2O3/c1-5-23-16(22)14(9(2)3)20-15(21)10(4)19-11-6-7-12(17)13(18)8-11/h6-10,14,19H,5H2,1-4H3,(H,20,21)/t10-,14+/m1/s1. The van der Waals surface area contributed by atoms with Gasteiger partial charge in [-0.15, -0.1) is 0 Å². The summed E-state index contributed by atoms with van der Waals surface area (Å²) in [4.78, 5) is 24.2. The third-order valence-electron chi connectivity index (χ3n) is 3.20. The van der Waals surface area contributed by atoms with Crippen molar-refractivity contribution in [1.29, 1.82) is 0 Å². The second kappa shape index (κ2) is 8.99. The molecule has 23 heavy (non-hydrogen) atoms. The maximum Gasteiger partial charge on any atom is 0.328 e. The molecule has 1 aromatic carbocycles. The Morgan fingerprint density at radius 3 is 2.35 bits per heavy atom. The van der Waals surface area contributed by atoms with E-state index < -0.39 is 18.1 Å². The number of anilines is 1. The molecule has 1 aromatic rings. The monoisotopic (exact) mass is 360 g/mol. The lowest BCUT2D eigenvalue weighted by Gasteiger charge is -2.23. The van der Waals surface area contributed by atoms with Gasteiger partial charge in [0.1, 0.15) is 12.1 Å². The van der Waals surface area contributed by atoms with E-state index in [4.69, 9.17) is 27.9 Å². The number of ether oxygens (including phenoxy) is 1. The fourth-order valence-corrected chi connectivity index (χ4v) is 2.21. The summed E-state index contributed by atoms with van der Waals surface area (Å²) in [7, 11) is 0. The summed E-state index contributed by atoms with van der Waals surface area (Å²) in [5.41, 5.74) is 0.666. The third kappa shape index (κ3) is 5.92. The highest BCUT2D eigenvalue weighted by Crippen LogP contribution is 2.25. The van der Waals surface area contributed by atoms with Crippen LogP contribution in [-0.4, -0.2) is 30.6 Å². The molecule has 0 radical (unpaired) electrons. The zero-order chi connectivity index (χ0) is 17.6. The lowest BCUT2D eigenvalue weighted by atomic mass is 10.0. The molecule has 7 heteroatoms. The molecule has 0 saturated heterocycles. The number of amides is 1. The van der Waals surface area contributed by atoms with Gasteiger partial charge in [-0.2, -0.15) is 0 Å². The molecule has 0 unspecified atom stereocenters. The zero-order valence-electron chi connectivity index (χ0n) is 13.7. The molecule has 1 amide bonds. The average Bonchev–Trinajstić information content (AvgIpc) is 2.48. The first-order chi connectivity index (χ1) is 10.8. The molecule has 0 aliphatic heterocycles. The Morgan fingerprint density at radius 1 is 1.17 bits per heavy atom. The van der Waals surface area contributed by atoms with E-state index in [1.807, 2.05) is 13.8 Å². The van der Waals surface area contributed by atoms with E-state index in [0.29, 0.717) is 15.7 Å². The van der Waals surface area contributed by atoms with Crippen LogP contribution in [0.3, 0.4) is 0 Å².